The van der Waals surface area contributed by atoms with Gasteiger partial charge in [-0.05, 0) is 37.5 Å². The maximum atomic E-state index is 6.13. The van der Waals surface area contributed by atoms with Crippen LogP contribution in [0.5, 0.6) is 0 Å². The summed E-state index contributed by atoms with van der Waals surface area (Å²) in [6.45, 7) is 3.14. The molecule has 1 aromatic heterocycles. The first kappa shape index (κ1) is 10.6. The van der Waals surface area contributed by atoms with E-state index in [1.165, 1.54) is 11.4 Å². The van der Waals surface area contributed by atoms with E-state index in [-0.39, 0.29) is 5.54 Å². The Morgan fingerprint density at radius 2 is 2.06 bits per heavy atom. The van der Waals surface area contributed by atoms with Gasteiger partial charge >= 0.3 is 0 Å². The lowest BCUT2D eigenvalue weighted by molar-refractivity contribution is 0.222. The van der Waals surface area contributed by atoms with E-state index in [4.69, 9.17) is 11.6 Å². The van der Waals surface area contributed by atoms with Gasteiger partial charge in [-0.25, -0.2) is 4.98 Å². The molecule has 88 valence electrons. The zero-order valence-electron chi connectivity index (χ0n) is 9.52. The first-order chi connectivity index (χ1) is 7.73. The van der Waals surface area contributed by atoms with Crippen molar-refractivity contribution in [3.05, 3.63) is 16.7 Å². The highest BCUT2D eigenvalue weighted by Gasteiger charge is 2.40. The van der Waals surface area contributed by atoms with Gasteiger partial charge in [0.1, 0.15) is 0 Å². The van der Waals surface area contributed by atoms with Crippen molar-refractivity contribution in [3.63, 3.8) is 0 Å². The van der Waals surface area contributed by atoms with Gasteiger partial charge in [-0.3, -0.25) is 0 Å². The summed E-state index contributed by atoms with van der Waals surface area (Å²) in [6.07, 6.45) is 3.23. The van der Waals surface area contributed by atoms with E-state index in [1.807, 2.05) is 11.6 Å². The number of nitrogens with zero attached hydrogens (tertiary/aromatic N) is 2. The summed E-state index contributed by atoms with van der Waals surface area (Å²) in [5.74, 6) is 0. The molecule has 3 rings (SSSR count). The third kappa shape index (κ3) is 1.40. The van der Waals surface area contributed by atoms with E-state index < -0.39 is 0 Å². The van der Waals surface area contributed by atoms with Crippen molar-refractivity contribution >= 4 is 11.6 Å². The topological polar surface area (TPSA) is 41.9 Å². The van der Waals surface area contributed by atoms with Gasteiger partial charge in [-0.15, -0.1) is 0 Å². The van der Waals surface area contributed by atoms with Crippen LogP contribution in [0, 0.1) is 0 Å². The normalized spacial score (nSPS) is 23.4. The molecule has 1 saturated heterocycles. The Bertz CT molecular complexity index is 406. The number of rotatable bonds is 0. The Morgan fingerprint density at radius 1 is 1.31 bits per heavy atom. The molecule has 1 aromatic rings. The molecule has 16 heavy (non-hydrogen) atoms. The lowest BCUT2D eigenvalue weighted by Crippen LogP contribution is -2.54. The van der Waals surface area contributed by atoms with Gasteiger partial charge in [0.15, 0.2) is 0 Å². The fourth-order valence-electron chi connectivity index (χ4n) is 3.07. The van der Waals surface area contributed by atoms with Crippen molar-refractivity contribution < 1.29 is 0 Å². The Balaban J connectivity index is 2.10. The van der Waals surface area contributed by atoms with E-state index in [1.54, 1.807) is 0 Å². The number of imidazole rings is 1. The van der Waals surface area contributed by atoms with Crippen LogP contribution in [0.25, 0.3) is 0 Å². The lowest BCUT2D eigenvalue weighted by atomic mass is 9.81. The first-order valence-electron chi connectivity index (χ1n) is 5.90. The summed E-state index contributed by atoms with van der Waals surface area (Å²) >= 11 is 6.13. The minimum Gasteiger partial charge on any atom is -0.320 e. The molecule has 2 N–H and O–H groups in total. The predicted octanol–water partition coefficient (Wildman–Crippen LogP) is 0.798. The molecular weight excluding hydrogens is 224 g/mol. The summed E-state index contributed by atoms with van der Waals surface area (Å²) in [4.78, 5) is 4.47. The number of piperidine rings is 1. The minimum absolute atomic E-state index is 0.105. The molecule has 5 heteroatoms. The summed E-state index contributed by atoms with van der Waals surface area (Å²) in [5, 5.41) is 7.71. The Hall–Kier alpha value is -0.580. The Labute approximate surface area is 100 Å². The third-order valence-corrected chi connectivity index (χ3v) is 4.19. The maximum Gasteiger partial charge on any atom is 0.202 e. The molecule has 4 nitrogen and oxygen atoms in total. The van der Waals surface area contributed by atoms with Crippen LogP contribution in [0.3, 0.4) is 0 Å². The monoisotopic (exact) mass is 240 g/mol. The zero-order chi connectivity index (χ0) is 11.2. The highest BCUT2D eigenvalue weighted by Crippen LogP contribution is 2.36. The molecule has 0 unspecified atom stereocenters. The molecule has 2 aliphatic rings. The Morgan fingerprint density at radius 3 is 2.81 bits per heavy atom. The molecule has 0 aliphatic carbocycles. The van der Waals surface area contributed by atoms with Crippen LogP contribution in [0.2, 0.25) is 5.28 Å². The molecule has 1 fully saturated rings. The highest BCUT2D eigenvalue weighted by molar-refractivity contribution is 6.28. The second-order valence-corrected chi connectivity index (χ2v) is 5.08. The fraction of sp³-hybridized carbons (Fsp3) is 0.727. The predicted molar refractivity (Wildman–Crippen MR) is 63.7 cm³/mol. The summed E-state index contributed by atoms with van der Waals surface area (Å²) in [7, 11) is 2.02. The summed E-state index contributed by atoms with van der Waals surface area (Å²) < 4.78 is 2.05. The van der Waals surface area contributed by atoms with Gasteiger partial charge in [0, 0.05) is 20.0 Å². The molecule has 2 aliphatic heterocycles. The average Bonchev–Trinajstić information content (AvgIpc) is 2.58. The molecule has 0 bridgehead atoms. The van der Waals surface area contributed by atoms with Crippen molar-refractivity contribution in [1.29, 1.82) is 0 Å². The van der Waals surface area contributed by atoms with Crippen LogP contribution in [0.4, 0.5) is 0 Å². The van der Waals surface area contributed by atoms with E-state index in [2.05, 4.69) is 15.6 Å². The molecule has 3 heterocycles. The second kappa shape index (κ2) is 3.72. The van der Waals surface area contributed by atoms with Gasteiger partial charge in [0.05, 0.1) is 16.9 Å². The average molecular weight is 241 g/mol. The van der Waals surface area contributed by atoms with Crippen LogP contribution in [0.1, 0.15) is 24.2 Å². The quantitative estimate of drug-likeness (QED) is 0.705. The number of halogens is 1. The number of hydrogen-bond donors (Lipinski definition) is 2. The second-order valence-electron chi connectivity index (χ2n) is 4.74. The lowest BCUT2D eigenvalue weighted by Gasteiger charge is -2.42. The molecule has 0 saturated carbocycles. The van der Waals surface area contributed by atoms with Crippen molar-refractivity contribution in [2.45, 2.75) is 24.8 Å². The van der Waals surface area contributed by atoms with Gasteiger partial charge < -0.3 is 15.2 Å². The van der Waals surface area contributed by atoms with Crippen molar-refractivity contribution in [1.82, 2.24) is 20.2 Å². The van der Waals surface area contributed by atoms with Crippen LogP contribution in [-0.2, 0) is 19.0 Å². The molecule has 0 aromatic carbocycles. The van der Waals surface area contributed by atoms with Crippen molar-refractivity contribution in [2.24, 2.45) is 7.05 Å². The SMILES string of the molecule is Cn1c(Cl)nc2c1C1(CCNCC1)NCC2. The maximum absolute atomic E-state index is 6.13. The largest absolute Gasteiger partial charge is 0.320 e. The minimum atomic E-state index is 0.105. The highest BCUT2D eigenvalue weighted by atomic mass is 35.5. The summed E-state index contributed by atoms with van der Waals surface area (Å²) in [5.41, 5.74) is 2.60. The third-order valence-electron chi connectivity index (χ3n) is 3.85. The Kier molecular flexibility index (Phi) is 2.46. The first-order valence-corrected chi connectivity index (χ1v) is 6.28. The number of hydrogen-bond acceptors (Lipinski definition) is 3. The van der Waals surface area contributed by atoms with Crippen LogP contribution < -0.4 is 10.6 Å². The van der Waals surface area contributed by atoms with Crippen LogP contribution >= 0.6 is 11.6 Å². The molecular formula is C11H17ClN4. The van der Waals surface area contributed by atoms with Crippen LogP contribution in [0.15, 0.2) is 0 Å². The van der Waals surface area contributed by atoms with Crippen LogP contribution in [-0.4, -0.2) is 29.2 Å². The molecule has 0 radical (unpaired) electrons. The molecule has 0 atom stereocenters. The number of nitrogens with one attached hydrogen (secondary N) is 2. The van der Waals surface area contributed by atoms with Gasteiger partial charge in [-0.2, -0.15) is 0 Å². The van der Waals surface area contributed by atoms with Crippen molar-refractivity contribution in [2.75, 3.05) is 19.6 Å². The molecule has 1 spiro atoms. The standard InChI is InChI=1S/C11H17ClN4/c1-16-9-8(15-10(16)12)2-5-14-11(9)3-6-13-7-4-11/h13-14H,2-7H2,1H3. The number of aromatic nitrogens is 2. The van der Waals surface area contributed by atoms with E-state index >= 15 is 0 Å². The zero-order valence-corrected chi connectivity index (χ0v) is 10.3. The fourth-order valence-corrected chi connectivity index (χ4v) is 3.25. The molecule has 0 amide bonds. The van der Waals surface area contributed by atoms with Gasteiger partial charge in [0.2, 0.25) is 5.28 Å². The van der Waals surface area contributed by atoms with E-state index in [9.17, 15) is 0 Å². The number of fused-ring (bicyclic) bond motifs is 2. The van der Waals surface area contributed by atoms with Gasteiger partial charge in [-0.1, -0.05) is 0 Å². The van der Waals surface area contributed by atoms with E-state index in [0.717, 1.165) is 38.9 Å². The van der Waals surface area contributed by atoms with E-state index in [0.29, 0.717) is 5.28 Å². The van der Waals surface area contributed by atoms with Gasteiger partial charge in [0.25, 0.3) is 0 Å². The summed E-state index contributed by atoms with van der Waals surface area (Å²) in [6, 6.07) is 0. The smallest absolute Gasteiger partial charge is 0.202 e. The van der Waals surface area contributed by atoms with Crippen molar-refractivity contribution in [3.8, 4) is 0 Å².